The third kappa shape index (κ3) is 12.5. The molecule has 0 atom stereocenters. The zero-order valence-electron chi connectivity index (χ0n) is 23.9. The number of anilines is 1. The lowest BCUT2D eigenvalue weighted by atomic mass is 10.1. The predicted molar refractivity (Wildman–Crippen MR) is 162 cm³/mol. The molecule has 0 radical (unpaired) electrons. The van der Waals surface area contributed by atoms with Crippen molar-refractivity contribution >= 4 is 27.6 Å². The molecule has 7 nitrogen and oxygen atoms in total. The summed E-state index contributed by atoms with van der Waals surface area (Å²) in [5.74, 6) is 1.82. The van der Waals surface area contributed by atoms with Crippen LogP contribution in [-0.2, 0) is 19.4 Å². The fourth-order valence-electron chi connectivity index (χ4n) is 4.63. The number of methoxy groups -OCH3 is 1. The van der Waals surface area contributed by atoms with E-state index < -0.39 is 9.84 Å². The van der Waals surface area contributed by atoms with Gasteiger partial charge < -0.3 is 19.1 Å². The Morgan fingerprint density at radius 3 is 1.85 bits per heavy atom. The molecule has 1 heterocycles. The Bertz CT molecular complexity index is 1120. The molecule has 0 aliphatic carbocycles. The van der Waals surface area contributed by atoms with Gasteiger partial charge >= 0.3 is 5.97 Å². The zero-order valence-corrected chi connectivity index (χ0v) is 24.7. The van der Waals surface area contributed by atoms with Crippen molar-refractivity contribution in [2.24, 2.45) is 0 Å². The fraction of sp³-hybridized carbons (Fsp3) is 0.531. The van der Waals surface area contributed by atoms with Crippen molar-refractivity contribution < 1.29 is 27.4 Å². The highest BCUT2D eigenvalue weighted by atomic mass is 32.2. The van der Waals surface area contributed by atoms with Gasteiger partial charge in [0.2, 0.25) is 0 Å². The number of ether oxygens (including phenoxy) is 3. The van der Waals surface area contributed by atoms with Crippen LogP contribution in [0, 0.1) is 0 Å². The molecule has 0 unspecified atom stereocenters. The highest BCUT2D eigenvalue weighted by molar-refractivity contribution is 7.91. The summed E-state index contributed by atoms with van der Waals surface area (Å²) >= 11 is 0. The van der Waals surface area contributed by atoms with Crippen LogP contribution in [0.3, 0.4) is 0 Å². The maximum atomic E-state index is 11.8. The van der Waals surface area contributed by atoms with Crippen LogP contribution in [0.5, 0.6) is 11.5 Å². The minimum absolute atomic E-state index is 0.232. The third-order valence-corrected chi connectivity index (χ3v) is 8.73. The molecule has 3 rings (SSSR count). The molecule has 0 N–H and O–H groups in total. The van der Waals surface area contributed by atoms with Crippen LogP contribution < -0.4 is 14.4 Å². The van der Waals surface area contributed by atoms with E-state index in [2.05, 4.69) is 4.90 Å². The van der Waals surface area contributed by atoms with Gasteiger partial charge in [0.1, 0.15) is 11.5 Å². The first-order valence-electron chi connectivity index (χ1n) is 14.6. The Labute approximate surface area is 240 Å². The molecule has 0 saturated carbocycles. The van der Waals surface area contributed by atoms with Crippen molar-refractivity contribution in [1.82, 2.24) is 0 Å². The number of hydrogen-bond donors (Lipinski definition) is 0. The Balaban J connectivity index is 1.09. The smallest absolute Gasteiger partial charge is 0.330 e. The van der Waals surface area contributed by atoms with Gasteiger partial charge in [0.05, 0.1) is 31.8 Å². The van der Waals surface area contributed by atoms with Gasteiger partial charge in [-0.3, -0.25) is 0 Å². The Morgan fingerprint density at radius 1 is 0.750 bits per heavy atom. The molecular formula is C32H45NO6S. The average molecular weight is 572 g/mol. The van der Waals surface area contributed by atoms with E-state index in [0.717, 1.165) is 48.6 Å². The SMILES string of the molecule is COc1ccc(/C=C/C(=O)OCCCCCCCCCCCCOc2ccc(N3CCS(=O)(=O)CC3)cc2)cc1. The highest BCUT2D eigenvalue weighted by Crippen LogP contribution is 2.22. The Morgan fingerprint density at radius 2 is 1.27 bits per heavy atom. The van der Waals surface area contributed by atoms with E-state index in [1.165, 1.54) is 51.0 Å². The third-order valence-electron chi connectivity index (χ3n) is 7.13. The molecule has 1 saturated heterocycles. The van der Waals surface area contributed by atoms with Crippen LogP contribution in [0.25, 0.3) is 6.08 Å². The topological polar surface area (TPSA) is 82.1 Å². The van der Waals surface area contributed by atoms with Crippen molar-refractivity contribution in [1.29, 1.82) is 0 Å². The molecule has 220 valence electrons. The van der Waals surface area contributed by atoms with E-state index in [1.807, 2.05) is 48.5 Å². The Kier molecular flexibility index (Phi) is 13.9. The number of carbonyl (C=O) groups excluding carboxylic acids is 1. The van der Waals surface area contributed by atoms with Crippen LogP contribution in [0.2, 0.25) is 0 Å². The first-order chi connectivity index (χ1) is 19.4. The fourth-order valence-corrected chi connectivity index (χ4v) is 5.83. The second-order valence-electron chi connectivity index (χ2n) is 10.3. The molecule has 1 aliphatic rings. The molecule has 2 aromatic rings. The number of hydrogen-bond acceptors (Lipinski definition) is 7. The maximum Gasteiger partial charge on any atom is 0.330 e. The van der Waals surface area contributed by atoms with Crippen LogP contribution in [0.4, 0.5) is 5.69 Å². The summed E-state index contributed by atoms with van der Waals surface area (Å²) in [6.45, 7) is 2.32. The molecule has 0 aromatic heterocycles. The molecule has 0 amide bonds. The van der Waals surface area contributed by atoms with Gasteiger partial charge in [0.15, 0.2) is 9.84 Å². The van der Waals surface area contributed by atoms with E-state index in [0.29, 0.717) is 19.7 Å². The molecule has 0 bridgehead atoms. The summed E-state index contributed by atoms with van der Waals surface area (Å²) in [6, 6.07) is 15.5. The number of rotatable bonds is 18. The number of nitrogens with zero attached hydrogens (tertiary/aromatic N) is 1. The largest absolute Gasteiger partial charge is 0.497 e. The van der Waals surface area contributed by atoms with E-state index in [-0.39, 0.29) is 17.5 Å². The average Bonchev–Trinajstić information content (AvgIpc) is 2.97. The minimum atomic E-state index is -2.86. The second kappa shape index (κ2) is 17.6. The van der Waals surface area contributed by atoms with Crippen LogP contribution in [0.15, 0.2) is 54.6 Å². The zero-order chi connectivity index (χ0) is 28.5. The Hall–Kier alpha value is -3.00. The number of esters is 1. The van der Waals surface area contributed by atoms with Crippen LogP contribution >= 0.6 is 0 Å². The van der Waals surface area contributed by atoms with Crippen molar-refractivity contribution in [3.8, 4) is 11.5 Å². The maximum absolute atomic E-state index is 11.8. The predicted octanol–water partition coefficient (Wildman–Crippen LogP) is 6.47. The van der Waals surface area contributed by atoms with Crippen LogP contribution in [-0.4, -0.2) is 59.3 Å². The van der Waals surface area contributed by atoms with Crippen molar-refractivity contribution in [3.63, 3.8) is 0 Å². The van der Waals surface area contributed by atoms with E-state index in [4.69, 9.17) is 14.2 Å². The summed E-state index contributed by atoms with van der Waals surface area (Å²) in [6.07, 6.45) is 14.9. The van der Waals surface area contributed by atoms with Gasteiger partial charge in [-0.15, -0.1) is 0 Å². The van der Waals surface area contributed by atoms with Crippen molar-refractivity contribution in [3.05, 3.63) is 60.2 Å². The lowest BCUT2D eigenvalue weighted by Gasteiger charge is -2.28. The van der Waals surface area contributed by atoms with E-state index in [9.17, 15) is 13.2 Å². The second-order valence-corrected chi connectivity index (χ2v) is 12.6. The number of unbranched alkanes of at least 4 members (excludes halogenated alkanes) is 9. The number of carbonyl (C=O) groups is 1. The molecule has 1 fully saturated rings. The van der Waals surface area contributed by atoms with Gasteiger partial charge in [-0.2, -0.15) is 0 Å². The van der Waals surface area contributed by atoms with E-state index >= 15 is 0 Å². The summed E-state index contributed by atoms with van der Waals surface area (Å²) in [5, 5.41) is 0. The molecule has 0 spiro atoms. The molecule has 8 heteroatoms. The summed E-state index contributed by atoms with van der Waals surface area (Å²) < 4.78 is 39.5. The summed E-state index contributed by atoms with van der Waals surface area (Å²) in [5.41, 5.74) is 1.99. The molecule has 40 heavy (non-hydrogen) atoms. The first kappa shape index (κ1) is 31.5. The lowest BCUT2D eigenvalue weighted by molar-refractivity contribution is -0.137. The molecular weight excluding hydrogens is 526 g/mol. The number of benzene rings is 2. The van der Waals surface area contributed by atoms with Crippen molar-refractivity contribution in [2.45, 2.75) is 64.2 Å². The minimum Gasteiger partial charge on any atom is -0.497 e. The van der Waals surface area contributed by atoms with Gasteiger partial charge in [-0.25, -0.2) is 13.2 Å². The quantitative estimate of drug-likeness (QED) is 0.115. The van der Waals surface area contributed by atoms with Crippen LogP contribution in [0.1, 0.15) is 69.8 Å². The van der Waals surface area contributed by atoms with Crippen molar-refractivity contribution in [2.75, 3.05) is 49.8 Å². The highest BCUT2D eigenvalue weighted by Gasteiger charge is 2.21. The number of sulfone groups is 1. The van der Waals surface area contributed by atoms with Gasteiger partial charge in [-0.1, -0.05) is 63.5 Å². The first-order valence-corrected chi connectivity index (χ1v) is 16.4. The lowest BCUT2D eigenvalue weighted by Crippen LogP contribution is -2.40. The summed E-state index contributed by atoms with van der Waals surface area (Å²) in [4.78, 5) is 14.0. The normalized spacial score (nSPS) is 14.8. The van der Waals surface area contributed by atoms with Gasteiger partial charge in [0, 0.05) is 24.9 Å². The molecule has 1 aliphatic heterocycles. The summed E-state index contributed by atoms with van der Waals surface area (Å²) in [7, 11) is -1.23. The van der Waals surface area contributed by atoms with E-state index in [1.54, 1.807) is 13.2 Å². The standard InChI is InChI=1S/C32H45NO6S/c1-37-30-17-12-28(13-18-30)14-21-32(34)39-25-11-9-7-5-3-2-4-6-8-10-24-38-31-19-15-29(16-20-31)33-22-26-40(35,36)27-23-33/h12-21H,2-11,22-27H2,1H3/b21-14+. The van der Waals surface area contributed by atoms with Gasteiger partial charge in [0.25, 0.3) is 0 Å². The molecule has 2 aromatic carbocycles. The monoisotopic (exact) mass is 571 g/mol. The van der Waals surface area contributed by atoms with Gasteiger partial charge in [-0.05, 0) is 60.9 Å².